The second-order valence-corrected chi connectivity index (χ2v) is 8.99. The number of nitro groups is 1. The summed E-state index contributed by atoms with van der Waals surface area (Å²) in [5.41, 5.74) is 1.41. The molecule has 1 aliphatic heterocycles. The Morgan fingerprint density at radius 1 is 1.22 bits per heavy atom. The fourth-order valence-electron chi connectivity index (χ4n) is 3.92. The molecule has 32 heavy (non-hydrogen) atoms. The minimum absolute atomic E-state index is 0.0558. The number of carbonyl (C=O) groups excluding carboxylic acids is 1. The molecular weight excluding hydrogens is 432 g/mol. The summed E-state index contributed by atoms with van der Waals surface area (Å²) in [7, 11) is 0. The van der Waals surface area contributed by atoms with Gasteiger partial charge in [-0.15, -0.1) is 11.3 Å². The molecule has 1 saturated heterocycles. The number of carbonyl (C=O) groups is 1. The lowest BCUT2D eigenvalue weighted by Gasteiger charge is -2.35. The molecule has 1 amide bonds. The number of nitrogens with zero attached hydrogens (tertiary/aromatic N) is 5. The molecule has 0 radical (unpaired) electrons. The van der Waals surface area contributed by atoms with E-state index >= 15 is 0 Å². The summed E-state index contributed by atoms with van der Waals surface area (Å²) in [5, 5.41) is 16.4. The fraction of sp³-hybridized carbons (Fsp3) is 0.381. The van der Waals surface area contributed by atoms with E-state index in [-0.39, 0.29) is 23.2 Å². The number of hydrogen-bond acceptors (Lipinski definition) is 8. The van der Waals surface area contributed by atoms with Crippen LogP contribution in [0, 0.1) is 10.1 Å². The third-order valence-electron chi connectivity index (χ3n) is 5.80. The molecule has 11 heteroatoms. The van der Waals surface area contributed by atoms with Gasteiger partial charge in [0.05, 0.1) is 10.6 Å². The Morgan fingerprint density at radius 2 is 2.00 bits per heavy atom. The van der Waals surface area contributed by atoms with Crippen molar-refractivity contribution in [3.8, 4) is 0 Å². The van der Waals surface area contributed by atoms with E-state index in [1.807, 2.05) is 10.3 Å². The molecule has 1 N–H and O–H groups in total. The van der Waals surface area contributed by atoms with Crippen LogP contribution in [0.3, 0.4) is 0 Å². The van der Waals surface area contributed by atoms with Crippen molar-refractivity contribution in [1.82, 2.24) is 19.6 Å². The number of anilines is 1. The van der Waals surface area contributed by atoms with E-state index in [4.69, 9.17) is 0 Å². The number of nitrogens with one attached hydrogen (secondary N) is 1. The predicted octanol–water partition coefficient (Wildman–Crippen LogP) is 1.88. The van der Waals surface area contributed by atoms with Gasteiger partial charge in [-0.1, -0.05) is 0 Å². The standard InChI is InChI=1S/C21H22N6O4S/c28-19-12-16(23-21-26(19)9-10-32-21)13-24-5-7-25(8-6-24)17-4-1-14(11-18(17)27(30)31)20(29)22-15-2-3-15/h1,4,9-12,15H,2-3,5-8,13H2,(H,22,29). The van der Waals surface area contributed by atoms with Gasteiger partial charge in [-0.3, -0.25) is 29.0 Å². The first-order valence-electron chi connectivity index (χ1n) is 10.5. The molecule has 3 aromatic rings. The average Bonchev–Trinajstić information content (AvgIpc) is 3.46. The minimum atomic E-state index is -0.427. The number of piperazine rings is 1. The third kappa shape index (κ3) is 4.21. The van der Waals surface area contributed by atoms with Gasteiger partial charge in [-0.25, -0.2) is 4.98 Å². The highest BCUT2D eigenvalue weighted by atomic mass is 32.1. The van der Waals surface area contributed by atoms with Gasteiger partial charge < -0.3 is 10.2 Å². The summed E-state index contributed by atoms with van der Waals surface area (Å²) >= 11 is 1.42. The zero-order valence-corrected chi connectivity index (χ0v) is 18.1. The minimum Gasteiger partial charge on any atom is -0.363 e. The van der Waals surface area contributed by atoms with Crippen LogP contribution in [0.15, 0.2) is 40.6 Å². The van der Waals surface area contributed by atoms with E-state index in [1.54, 1.807) is 24.4 Å². The molecule has 10 nitrogen and oxygen atoms in total. The van der Waals surface area contributed by atoms with E-state index in [9.17, 15) is 19.7 Å². The van der Waals surface area contributed by atoms with Gasteiger partial charge in [0.25, 0.3) is 17.2 Å². The topological polar surface area (TPSA) is 113 Å². The van der Waals surface area contributed by atoms with Crippen LogP contribution in [0.5, 0.6) is 0 Å². The normalized spacial score (nSPS) is 16.9. The van der Waals surface area contributed by atoms with E-state index in [2.05, 4.69) is 15.2 Å². The van der Waals surface area contributed by atoms with Crippen LogP contribution in [0.1, 0.15) is 28.9 Å². The van der Waals surface area contributed by atoms with Gasteiger partial charge in [-0.05, 0) is 25.0 Å². The highest BCUT2D eigenvalue weighted by Gasteiger charge is 2.28. The molecule has 1 saturated carbocycles. The van der Waals surface area contributed by atoms with Crippen LogP contribution in [0.4, 0.5) is 11.4 Å². The summed E-state index contributed by atoms with van der Waals surface area (Å²) < 4.78 is 1.53. The predicted molar refractivity (Wildman–Crippen MR) is 120 cm³/mol. The number of amides is 1. The maximum atomic E-state index is 12.3. The number of rotatable bonds is 6. The number of hydrogen-bond donors (Lipinski definition) is 1. The summed E-state index contributed by atoms with van der Waals surface area (Å²) in [6, 6.07) is 6.44. The van der Waals surface area contributed by atoms with E-state index in [0.29, 0.717) is 48.9 Å². The lowest BCUT2D eigenvalue weighted by Crippen LogP contribution is -2.46. The van der Waals surface area contributed by atoms with E-state index < -0.39 is 4.92 Å². The first kappa shape index (κ1) is 20.6. The third-order valence-corrected chi connectivity index (χ3v) is 6.56. The van der Waals surface area contributed by atoms with Crippen molar-refractivity contribution in [2.75, 3.05) is 31.1 Å². The van der Waals surface area contributed by atoms with E-state index in [0.717, 1.165) is 18.5 Å². The molecule has 1 aromatic carbocycles. The maximum Gasteiger partial charge on any atom is 0.293 e. The first-order valence-corrected chi connectivity index (χ1v) is 11.4. The summed E-state index contributed by atoms with van der Waals surface area (Å²) in [6.45, 7) is 3.14. The Balaban J connectivity index is 1.27. The van der Waals surface area contributed by atoms with Crippen LogP contribution < -0.4 is 15.8 Å². The number of nitro benzene ring substituents is 1. The monoisotopic (exact) mass is 454 g/mol. The van der Waals surface area contributed by atoms with Crippen molar-refractivity contribution in [2.24, 2.45) is 0 Å². The van der Waals surface area contributed by atoms with Gasteiger partial charge in [0, 0.05) is 68.0 Å². The molecule has 5 rings (SSSR count). The van der Waals surface area contributed by atoms with Crippen LogP contribution >= 0.6 is 11.3 Å². The molecule has 0 atom stereocenters. The van der Waals surface area contributed by atoms with Crippen molar-refractivity contribution in [1.29, 1.82) is 0 Å². The molecule has 0 bridgehead atoms. The van der Waals surface area contributed by atoms with Crippen LogP contribution in [-0.2, 0) is 6.54 Å². The SMILES string of the molecule is O=C(NC1CC1)c1ccc(N2CCN(Cc3cc(=O)n4ccsc4n3)CC2)c([N+](=O)[O-])c1. The number of thiazole rings is 1. The zero-order chi connectivity index (χ0) is 22.2. The van der Waals surface area contributed by atoms with E-state index in [1.165, 1.54) is 21.8 Å². The van der Waals surface area contributed by atoms with Crippen LogP contribution in [0.25, 0.3) is 4.96 Å². The van der Waals surface area contributed by atoms with Gasteiger partial charge in [0.1, 0.15) is 5.69 Å². The molecule has 2 fully saturated rings. The van der Waals surface area contributed by atoms with Crippen molar-refractivity contribution in [2.45, 2.75) is 25.4 Å². The van der Waals surface area contributed by atoms with Gasteiger partial charge in [0.2, 0.25) is 0 Å². The van der Waals surface area contributed by atoms with Crippen molar-refractivity contribution in [3.63, 3.8) is 0 Å². The lowest BCUT2D eigenvalue weighted by atomic mass is 10.1. The Hall–Kier alpha value is -3.31. The Bertz CT molecular complexity index is 1240. The zero-order valence-electron chi connectivity index (χ0n) is 17.3. The lowest BCUT2D eigenvalue weighted by molar-refractivity contribution is -0.384. The summed E-state index contributed by atoms with van der Waals surface area (Å²) in [4.78, 5) is 45.1. The number of fused-ring (bicyclic) bond motifs is 1. The average molecular weight is 455 g/mol. The molecule has 2 aromatic heterocycles. The number of aromatic nitrogens is 2. The Morgan fingerprint density at radius 3 is 2.72 bits per heavy atom. The van der Waals surface area contributed by atoms with Gasteiger partial charge in [0.15, 0.2) is 4.96 Å². The van der Waals surface area contributed by atoms with Crippen molar-refractivity contribution >= 4 is 33.6 Å². The summed E-state index contributed by atoms with van der Waals surface area (Å²) in [5.74, 6) is -0.266. The second kappa shape index (κ2) is 8.32. The maximum absolute atomic E-state index is 12.3. The summed E-state index contributed by atoms with van der Waals surface area (Å²) in [6.07, 6.45) is 3.63. The Kier molecular flexibility index (Phi) is 5.35. The molecule has 1 aliphatic carbocycles. The van der Waals surface area contributed by atoms with Crippen LogP contribution in [0.2, 0.25) is 0 Å². The van der Waals surface area contributed by atoms with Crippen molar-refractivity contribution in [3.05, 3.63) is 67.6 Å². The highest BCUT2D eigenvalue weighted by molar-refractivity contribution is 7.15. The second-order valence-electron chi connectivity index (χ2n) is 8.11. The Labute approximate surface area is 187 Å². The van der Waals surface area contributed by atoms with Crippen molar-refractivity contribution < 1.29 is 9.72 Å². The van der Waals surface area contributed by atoms with Gasteiger partial charge in [-0.2, -0.15) is 0 Å². The smallest absolute Gasteiger partial charge is 0.293 e. The van der Waals surface area contributed by atoms with Gasteiger partial charge >= 0.3 is 0 Å². The number of benzene rings is 1. The molecule has 166 valence electrons. The first-order chi connectivity index (χ1) is 15.5. The molecule has 0 spiro atoms. The molecule has 0 unspecified atom stereocenters. The highest BCUT2D eigenvalue weighted by Crippen LogP contribution is 2.30. The van der Waals surface area contributed by atoms with Crippen LogP contribution in [-0.4, -0.2) is 57.3 Å². The quantitative estimate of drug-likeness (QED) is 0.447. The fourth-order valence-corrected chi connectivity index (χ4v) is 4.66. The molecule has 3 heterocycles. The largest absolute Gasteiger partial charge is 0.363 e. The molecule has 2 aliphatic rings. The molecular formula is C21H22N6O4S.